The molecule has 0 atom stereocenters. The van der Waals surface area contributed by atoms with E-state index in [2.05, 4.69) is 140 Å². The molecule has 2 heterocycles. The van der Waals surface area contributed by atoms with E-state index in [1.165, 1.54) is 54.9 Å². The number of furan rings is 2. The Kier molecular flexibility index (Phi) is 5.31. The van der Waals surface area contributed by atoms with E-state index in [-0.39, 0.29) is 0 Å². The Morgan fingerprint density at radius 1 is 0.261 bits per heavy atom. The molecule has 0 radical (unpaired) electrons. The molecule has 0 N–H and O–H groups in total. The molecule has 2 aromatic heterocycles. The molecule has 0 saturated heterocycles. The summed E-state index contributed by atoms with van der Waals surface area (Å²) >= 11 is 0. The molecule has 10 rings (SSSR count). The molecule has 0 amide bonds. The molecule has 2 heteroatoms. The molecule has 0 bridgehead atoms. The number of para-hydroxylation sites is 1. The normalized spacial score (nSPS) is 11.9. The maximum absolute atomic E-state index is 6.39. The van der Waals surface area contributed by atoms with Crippen molar-refractivity contribution < 1.29 is 8.83 Å². The van der Waals surface area contributed by atoms with Crippen LogP contribution in [0.1, 0.15) is 0 Å². The number of hydrogen-bond acceptors (Lipinski definition) is 2. The Labute approximate surface area is 264 Å². The summed E-state index contributed by atoms with van der Waals surface area (Å²) in [6, 6.07) is 56.3. The largest absolute Gasteiger partial charge is 0.456 e. The third-order valence-electron chi connectivity index (χ3n) is 9.47. The van der Waals surface area contributed by atoms with Crippen molar-refractivity contribution in [2.45, 2.75) is 0 Å². The Morgan fingerprint density at radius 2 is 0.761 bits per heavy atom. The summed E-state index contributed by atoms with van der Waals surface area (Å²) < 4.78 is 12.6. The van der Waals surface area contributed by atoms with E-state index in [0.29, 0.717) is 0 Å². The monoisotopic (exact) mass is 586 g/mol. The van der Waals surface area contributed by atoms with Crippen LogP contribution in [0, 0.1) is 0 Å². The lowest BCUT2D eigenvalue weighted by Gasteiger charge is -2.19. The van der Waals surface area contributed by atoms with Crippen LogP contribution in [0.5, 0.6) is 0 Å². The van der Waals surface area contributed by atoms with Gasteiger partial charge in [0, 0.05) is 27.6 Å². The van der Waals surface area contributed by atoms with Crippen molar-refractivity contribution in [1.29, 1.82) is 0 Å². The zero-order valence-electron chi connectivity index (χ0n) is 24.8. The van der Waals surface area contributed by atoms with Crippen LogP contribution in [-0.4, -0.2) is 0 Å². The molecular weight excluding hydrogens is 560 g/mol. The highest BCUT2D eigenvalue weighted by atomic mass is 16.3. The highest BCUT2D eigenvalue weighted by Gasteiger charge is 2.20. The average Bonchev–Trinajstić information content (AvgIpc) is 3.66. The molecule has 0 unspecified atom stereocenters. The quantitative estimate of drug-likeness (QED) is 0.193. The van der Waals surface area contributed by atoms with Gasteiger partial charge in [-0.2, -0.15) is 0 Å². The van der Waals surface area contributed by atoms with Crippen LogP contribution < -0.4 is 0 Å². The van der Waals surface area contributed by atoms with Gasteiger partial charge in [-0.3, -0.25) is 0 Å². The number of rotatable bonds is 3. The summed E-state index contributed by atoms with van der Waals surface area (Å²) in [4.78, 5) is 0. The van der Waals surface area contributed by atoms with Crippen molar-refractivity contribution >= 4 is 65.4 Å². The lowest BCUT2D eigenvalue weighted by atomic mass is 9.83. The fraction of sp³-hybridized carbons (Fsp3) is 0. The lowest BCUT2D eigenvalue weighted by molar-refractivity contribution is 0.656. The average molecular weight is 587 g/mol. The first-order valence-electron chi connectivity index (χ1n) is 15.7. The van der Waals surface area contributed by atoms with Crippen LogP contribution in [-0.2, 0) is 0 Å². The summed E-state index contributed by atoms with van der Waals surface area (Å²) in [6.45, 7) is 0. The maximum Gasteiger partial charge on any atom is 0.139 e. The summed E-state index contributed by atoms with van der Waals surface area (Å²) in [5, 5.41) is 9.36. The Hall–Kier alpha value is -6.12. The van der Waals surface area contributed by atoms with Crippen molar-refractivity contribution in [1.82, 2.24) is 0 Å². The maximum atomic E-state index is 6.39. The molecule has 8 aromatic carbocycles. The number of hydrogen-bond donors (Lipinski definition) is 0. The SMILES string of the molecule is c1ccc(-c2ccccc2-c2c3ccccc3c(-c3ccc4oc5cc6oc7ccccc7c6cc5c4c3)c3ccccc23)cc1. The first-order chi connectivity index (χ1) is 22.8. The first kappa shape index (κ1) is 25.2. The number of fused-ring (bicyclic) bond motifs is 8. The van der Waals surface area contributed by atoms with Gasteiger partial charge in [0.1, 0.15) is 22.3 Å². The standard InChI is InChI=1S/C44H26O2/c1-2-12-27(13-3-1)29-14-4-5-16-31(29)44-34-19-8-6-17-32(34)43(33-18-7-9-20-35(33)44)28-22-23-40-36(24-28)38-25-37-30-15-10-11-21-39(30)45-41(37)26-42(38)46-40/h1-26H. The third kappa shape index (κ3) is 3.65. The van der Waals surface area contributed by atoms with E-state index in [0.717, 1.165) is 43.9 Å². The molecule has 214 valence electrons. The molecule has 0 fully saturated rings. The molecular formula is C44H26O2. The van der Waals surface area contributed by atoms with Gasteiger partial charge in [0.05, 0.1) is 0 Å². The van der Waals surface area contributed by atoms with Gasteiger partial charge in [-0.05, 0) is 79.2 Å². The minimum Gasteiger partial charge on any atom is -0.456 e. The van der Waals surface area contributed by atoms with Crippen molar-refractivity contribution in [2.24, 2.45) is 0 Å². The fourth-order valence-electron chi connectivity index (χ4n) is 7.45. The van der Waals surface area contributed by atoms with E-state index in [4.69, 9.17) is 8.83 Å². The summed E-state index contributed by atoms with van der Waals surface area (Å²) in [6.07, 6.45) is 0. The van der Waals surface area contributed by atoms with E-state index in [9.17, 15) is 0 Å². The van der Waals surface area contributed by atoms with Gasteiger partial charge in [-0.25, -0.2) is 0 Å². The van der Waals surface area contributed by atoms with E-state index >= 15 is 0 Å². The molecule has 0 saturated carbocycles. The molecule has 2 nitrogen and oxygen atoms in total. The van der Waals surface area contributed by atoms with Gasteiger partial charge in [0.15, 0.2) is 0 Å². The van der Waals surface area contributed by atoms with Gasteiger partial charge in [-0.15, -0.1) is 0 Å². The zero-order chi connectivity index (χ0) is 30.2. The Morgan fingerprint density at radius 3 is 1.46 bits per heavy atom. The predicted octanol–water partition coefficient (Wildman–Crippen LogP) is 12.8. The topological polar surface area (TPSA) is 26.3 Å². The molecule has 0 aliphatic rings. The van der Waals surface area contributed by atoms with E-state index in [1.807, 2.05) is 18.2 Å². The molecule has 0 aliphatic carbocycles. The second-order valence-corrected chi connectivity index (χ2v) is 12.0. The zero-order valence-corrected chi connectivity index (χ0v) is 24.8. The van der Waals surface area contributed by atoms with Gasteiger partial charge < -0.3 is 8.83 Å². The molecule has 10 aromatic rings. The van der Waals surface area contributed by atoms with Crippen molar-refractivity contribution in [2.75, 3.05) is 0 Å². The number of benzene rings is 8. The first-order valence-corrected chi connectivity index (χ1v) is 15.7. The summed E-state index contributed by atoms with van der Waals surface area (Å²) in [5.74, 6) is 0. The van der Waals surface area contributed by atoms with Gasteiger partial charge in [-0.1, -0.05) is 127 Å². The van der Waals surface area contributed by atoms with Crippen LogP contribution in [0.25, 0.3) is 98.8 Å². The third-order valence-corrected chi connectivity index (χ3v) is 9.47. The van der Waals surface area contributed by atoms with Crippen LogP contribution in [0.4, 0.5) is 0 Å². The van der Waals surface area contributed by atoms with Crippen molar-refractivity contribution in [3.63, 3.8) is 0 Å². The van der Waals surface area contributed by atoms with E-state index in [1.54, 1.807) is 0 Å². The van der Waals surface area contributed by atoms with E-state index < -0.39 is 0 Å². The fourth-order valence-corrected chi connectivity index (χ4v) is 7.45. The van der Waals surface area contributed by atoms with Crippen LogP contribution >= 0.6 is 0 Å². The molecule has 46 heavy (non-hydrogen) atoms. The van der Waals surface area contributed by atoms with Crippen LogP contribution in [0.2, 0.25) is 0 Å². The van der Waals surface area contributed by atoms with Crippen molar-refractivity contribution in [3.05, 3.63) is 158 Å². The second kappa shape index (κ2) is 9.69. The molecule has 0 aliphatic heterocycles. The van der Waals surface area contributed by atoms with Gasteiger partial charge in [0.2, 0.25) is 0 Å². The highest BCUT2D eigenvalue weighted by molar-refractivity contribution is 6.23. The summed E-state index contributed by atoms with van der Waals surface area (Å²) in [5.41, 5.74) is 10.8. The highest BCUT2D eigenvalue weighted by Crippen LogP contribution is 2.47. The predicted molar refractivity (Wildman–Crippen MR) is 192 cm³/mol. The second-order valence-electron chi connectivity index (χ2n) is 12.0. The van der Waals surface area contributed by atoms with Gasteiger partial charge >= 0.3 is 0 Å². The van der Waals surface area contributed by atoms with Gasteiger partial charge in [0.25, 0.3) is 0 Å². The smallest absolute Gasteiger partial charge is 0.139 e. The minimum atomic E-state index is 0.835. The Bertz CT molecular complexity index is 2740. The molecule has 0 spiro atoms. The Balaban J connectivity index is 1.27. The van der Waals surface area contributed by atoms with Crippen LogP contribution in [0.15, 0.2) is 167 Å². The van der Waals surface area contributed by atoms with Crippen molar-refractivity contribution in [3.8, 4) is 33.4 Å². The van der Waals surface area contributed by atoms with Crippen LogP contribution in [0.3, 0.4) is 0 Å². The minimum absolute atomic E-state index is 0.835. The lowest BCUT2D eigenvalue weighted by Crippen LogP contribution is -1.92. The summed E-state index contributed by atoms with van der Waals surface area (Å²) in [7, 11) is 0.